The van der Waals surface area contributed by atoms with Crippen LogP contribution < -0.4 is 5.32 Å². The number of amidine groups is 2. The molecule has 0 saturated heterocycles. The smallest absolute Gasteiger partial charge is 0.159 e. The molecule has 5 nitrogen and oxygen atoms in total. The highest BCUT2D eigenvalue weighted by molar-refractivity contribution is 7.26. The lowest BCUT2D eigenvalue weighted by molar-refractivity contribution is 0.667. The number of furan rings is 2. The second kappa shape index (κ2) is 11.0. The third kappa shape index (κ3) is 4.54. The van der Waals surface area contributed by atoms with Crippen molar-refractivity contribution in [3.8, 4) is 11.1 Å². The second-order valence-corrected chi connectivity index (χ2v) is 14.0. The number of nitrogens with zero attached hydrogens (tertiary/aromatic N) is 2. The molecule has 1 aliphatic heterocycles. The molecule has 0 bridgehead atoms. The summed E-state index contributed by atoms with van der Waals surface area (Å²) in [6.07, 6.45) is -0.315. The molecule has 1 N–H and O–H groups in total. The van der Waals surface area contributed by atoms with Gasteiger partial charge < -0.3 is 14.2 Å². The molecule has 7 aromatic carbocycles. The normalized spacial score (nSPS) is 14.9. The zero-order valence-electron chi connectivity index (χ0n) is 27.1. The van der Waals surface area contributed by atoms with Gasteiger partial charge in [-0.3, -0.25) is 0 Å². The van der Waals surface area contributed by atoms with Crippen LogP contribution >= 0.6 is 11.3 Å². The molecule has 0 aliphatic carbocycles. The van der Waals surface area contributed by atoms with Crippen molar-refractivity contribution in [2.45, 2.75) is 6.17 Å². The molecule has 6 heteroatoms. The number of nitrogens with one attached hydrogen (secondary N) is 1. The Kier molecular flexibility index (Phi) is 6.12. The molecule has 4 heterocycles. The Bertz CT molecular complexity index is 3070. The largest absolute Gasteiger partial charge is 0.456 e. The van der Waals surface area contributed by atoms with E-state index in [0.29, 0.717) is 5.84 Å². The predicted octanol–water partition coefficient (Wildman–Crippen LogP) is 12.0. The van der Waals surface area contributed by atoms with Crippen LogP contribution in [0.4, 0.5) is 0 Å². The van der Waals surface area contributed by atoms with Crippen molar-refractivity contribution in [2.24, 2.45) is 9.98 Å². The number of aliphatic imine (C=N–C) groups is 2. The lowest BCUT2D eigenvalue weighted by Crippen LogP contribution is -2.33. The Balaban J connectivity index is 1.04. The summed E-state index contributed by atoms with van der Waals surface area (Å²) in [6, 6.07) is 52.7. The van der Waals surface area contributed by atoms with E-state index in [1.807, 2.05) is 59.9 Å². The summed E-state index contributed by atoms with van der Waals surface area (Å²) in [4.78, 5) is 10.2. The predicted molar refractivity (Wildman–Crippen MR) is 211 cm³/mol. The van der Waals surface area contributed by atoms with E-state index in [0.717, 1.165) is 66.4 Å². The van der Waals surface area contributed by atoms with Crippen molar-refractivity contribution >= 4 is 87.1 Å². The van der Waals surface area contributed by atoms with Gasteiger partial charge in [0.15, 0.2) is 5.84 Å². The number of thiophene rings is 1. The first kappa shape index (κ1) is 28.3. The average Bonchev–Trinajstić information content (AvgIpc) is 3.88. The first-order valence-electron chi connectivity index (χ1n) is 17.0. The summed E-state index contributed by atoms with van der Waals surface area (Å²) in [5, 5.41) is 10.5. The molecule has 51 heavy (non-hydrogen) atoms. The third-order valence-electron chi connectivity index (χ3n) is 9.95. The molecule has 1 atom stereocenters. The maximum absolute atomic E-state index is 6.38. The number of fused-ring (bicyclic) bond motifs is 9. The van der Waals surface area contributed by atoms with Gasteiger partial charge in [0, 0.05) is 52.8 Å². The highest BCUT2D eigenvalue weighted by Gasteiger charge is 2.23. The van der Waals surface area contributed by atoms with Gasteiger partial charge in [-0.25, -0.2) is 9.98 Å². The van der Waals surface area contributed by atoms with Crippen LogP contribution in [0.15, 0.2) is 170 Å². The molecule has 0 fully saturated rings. The standard InChI is InChI=1S/C45H27N3O2S/c1-2-9-26(10-3-1)43-46-44(48-45(47-43)29-17-20-32-31-11-4-6-15-37(31)50-40(32)25-29)28-19-22-39-36(24-28)35-23-27(18-21-38(35)49-39)30-13-8-14-34-33-12-5-7-16-41(33)51-42(30)34/h1-25,43H,(H,46,47,48). The minimum atomic E-state index is -0.315. The SMILES string of the molecule is c1ccc(C2N=C(c3ccc4c(c3)oc3ccccc34)N=C(c3ccc4oc5ccc(-c6cccc7c6sc6ccccc67)cc5c4c3)N2)cc1. The Morgan fingerprint density at radius 1 is 0.490 bits per heavy atom. The molecule has 0 amide bonds. The molecule has 0 spiro atoms. The van der Waals surface area contributed by atoms with Crippen LogP contribution in [0.25, 0.3) is 75.2 Å². The van der Waals surface area contributed by atoms with Gasteiger partial charge in [-0.1, -0.05) is 97.1 Å². The average molecular weight is 674 g/mol. The number of rotatable bonds is 4. The van der Waals surface area contributed by atoms with Crippen LogP contribution in [0.5, 0.6) is 0 Å². The van der Waals surface area contributed by atoms with E-state index in [4.69, 9.17) is 18.8 Å². The molecule has 10 aromatic rings. The van der Waals surface area contributed by atoms with Crippen LogP contribution in [0.3, 0.4) is 0 Å². The molecular formula is C45H27N3O2S. The molecule has 0 saturated carbocycles. The number of hydrogen-bond donors (Lipinski definition) is 1. The molecule has 11 rings (SSSR count). The summed E-state index contributed by atoms with van der Waals surface area (Å²) in [5.41, 5.74) is 8.69. The Morgan fingerprint density at radius 2 is 1.16 bits per heavy atom. The topological polar surface area (TPSA) is 63.0 Å². The summed E-state index contributed by atoms with van der Waals surface area (Å²) in [7, 11) is 0. The molecule has 0 radical (unpaired) electrons. The molecule has 240 valence electrons. The highest BCUT2D eigenvalue weighted by Crippen LogP contribution is 2.41. The zero-order valence-corrected chi connectivity index (χ0v) is 27.9. The fourth-order valence-corrected chi connectivity index (χ4v) is 8.70. The van der Waals surface area contributed by atoms with E-state index in [1.54, 1.807) is 0 Å². The van der Waals surface area contributed by atoms with Gasteiger partial charge in [0.25, 0.3) is 0 Å². The van der Waals surface area contributed by atoms with Crippen molar-refractivity contribution in [2.75, 3.05) is 0 Å². The van der Waals surface area contributed by atoms with E-state index in [1.165, 1.54) is 31.3 Å². The summed E-state index contributed by atoms with van der Waals surface area (Å²) < 4.78 is 15.2. The minimum Gasteiger partial charge on any atom is -0.456 e. The summed E-state index contributed by atoms with van der Waals surface area (Å²) in [6.45, 7) is 0. The Morgan fingerprint density at radius 3 is 2.04 bits per heavy atom. The van der Waals surface area contributed by atoms with Crippen LogP contribution in [-0.4, -0.2) is 11.7 Å². The van der Waals surface area contributed by atoms with E-state index < -0.39 is 0 Å². The second-order valence-electron chi connectivity index (χ2n) is 13.0. The summed E-state index contributed by atoms with van der Waals surface area (Å²) in [5.74, 6) is 1.40. The van der Waals surface area contributed by atoms with Crippen molar-refractivity contribution in [1.29, 1.82) is 0 Å². The molecule has 3 aromatic heterocycles. The van der Waals surface area contributed by atoms with Gasteiger partial charge in [-0.2, -0.15) is 0 Å². The van der Waals surface area contributed by atoms with E-state index in [2.05, 4.69) is 108 Å². The van der Waals surface area contributed by atoms with Gasteiger partial charge in [-0.05, 0) is 71.3 Å². The first-order valence-corrected chi connectivity index (χ1v) is 17.8. The van der Waals surface area contributed by atoms with Crippen molar-refractivity contribution in [1.82, 2.24) is 5.32 Å². The zero-order chi connectivity index (χ0) is 33.5. The van der Waals surface area contributed by atoms with Crippen molar-refractivity contribution in [3.63, 3.8) is 0 Å². The van der Waals surface area contributed by atoms with Crippen molar-refractivity contribution < 1.29 is 8.83 Å². The fourth-order valence-electron chi connectivity index (χ4n) is 7.46. The van der Waals surface area contributed by atoms with Crippen LogP contribution in [0, 0.1) is 0 Å². The monoisotopic (exact) mass is 673 g/mol. The van der Waals surface area contributed by atoms with Crippen LogP contribution in [-0.2, 0) is 0 Å². The van der Waals surface area contributed by atoms with E-state index in [-0.39, 0.29) is 6.17 Å². The van der Waals surface area contributed by atoms with E-state index >= 15 is 0 Å². The van der Waals surface area contributed by atoms with Gasteiger partial charge in [0.1, 0.15) is 34.3 Å². The van der Waals surface area contributed by atoms with Gasteiger partial charge in [0.2, 0.25) is 0 Å². The van der Waals surface area contributed by atoms with Crippen molar-refractivity contribution in [3.05, 3.63) is 168 Å². The lowest BCUT2D eigenvalue weighted by Gasteiger charge is -2.23. The maximum Gasteiger partial charge on any atom is 0.159 e. The highest BCUT2D eigenvalue weighted by atomic mass is 32.1. The van der Waals surface area contributed by atoms with Gasteiger partial charge in [-0.15, -0.1) is 11.3 Å². The Hall–Kier alpha value is -6.50. The number of benzene rings is 7. The minimum absolute atomic E-state index is 0.315. The fraction of sp³-hybridized carbons (Fsp3) is 0.0222. The lowest BCUT2D eigenvalue weighted by atomic mass is 10.00. The maximum atomic E-state index is 6.38. The molecular weight excluding hydrogens is 647 g/mol. The summed E-state index contributed by atoms with van der Waals surface area (Å²) >= 11 is 1.85. The van der Waals surface area contributed by atoms with Gasteiger partial charge in [0.05, 0.1) is 0 Å². The van der Waals surface area contributed by atoms with E-state index in [9.17, 15) is 0 Å². The third-order valence-corrected chi connectivity index (χ3v) is 11.2. The molecule has 1 unspecified atom stereocenters. The first-order chi connectivity index (χ1) is 25.2. The van der Waals surface area contributed by atoms with Crippen LogP contribution in [0.2, 0.25) is 0 Å². The van der Waals surface area contributed by atoms with Gasteiger partial charge >= 0.3 is 0 Å². The van der Waals surface area contributed by atoms with Crippen LogP contribution in [0.1, 0.15) is 22.9 Å². The Labute approximate surface area is 295 Å². The number of para-hydroxylation sites is 1. The molecule has 1 aliphatic rings. The number of hydrogen-bond acceptors (Lipinski definition) is 6. The quantitative estimate of drug-likeness (QED) is 0.202.